The molecule has 0 aliphatic carbocycles. The average molecular weight is 269 g/mol. The molecule has 2 rings (SSSR count). The van der Waals surface area contributed by atoms with Crippen molar-refractivity contribution in [3.63, 3.8) is 0 Å². The highest BCUT2D eigenvalue weighted by Crippen LogP contribution is 2.18. The van der Waals surface area contributed by atoms with Gasteiger partial charge in [0.25, 0.3) is 5.91 Å². The number of aromatic nitrogens is 1. The zero-order chi connectivity index (χ0) is 13.1. The Labute approximate surface area is 109 Å². The number of carbonyl (C=O) groups is 2. The van der Waals surface area contributed by atoms with Gasteiger partial charge in [-0.2, -0.15) is 0 Å². The average Bonchev–Trinajstić information content (AvgIpc) is 2.76. The fourth-order valence-corrected chi connectivity index (χ4v) is 2.49. The van der Waals surface area contributed by atoms with Crippen LogP contribution in [-0.4, -0.2) is 47.5 Å². The normalized spacial score (nSPS) is 19.7. The molecular weight excluding hydrogens is 254 g/mol. The zero-order valence-electron chi connectivity index (χ0n) is 10.3. The third kappa shape index (κ3) is 2.85. The van der Waals surface area contributed by atoms with Gasteiger partial charge in [-0.15, -0.1) is 11.3 Å². The number of nitrogens with zero attached hydrogens (tertiary/aromatic N) is 2. The Balaban J connectivity index is 2.08. The summed E-state index contributed by atoms with van der Waals surface area (Å²) in [7, 11) is 0. The predicted molar refractivity (Wildman–Crippen MR) is 67.7 cm³/mol. The molecule has 7 heteroatoms. The minimum atomic E-state index is -0.192. The second-order valence-electron chi connectivity index (χ2n) is 4.14. The molecule has 0 unspecified atom stereocenters. The van der Waals surface area contributed by atoms with Crippen LogP contribution in [0.2, 0.25) is 0 Å². The lowest BCUT2D eigenvalue weighted by atomic mass is 10.2. The smallest absolute Gasteiger partial charge is 0.273 e. The maximum absolute atomic E-state index is 12.2. The first-order valence-corrected chi connectivity index (χ1v) is 6.57. The lowest BCUT2D eigenvalue weighted by Gasteiger charge is -2.32. The van der Waals surface area contributed by atoms with Crippen LogP contribution >= 0.6 is 11.3 Å². The van der Waals surface area contributed by atoms with Gasteiger partial charge < -0.3 is 15.0 Å². The van der Waals surface area contributed by atoms with Gasteiger partial charge in [0.15, 0.2) is 5.13 Å². The minimum Gasteiger partial charge on any atom is -0.377 e. The molecule has 1 saturated heterocycles. The minimum absolute atomic E-state index is 0.0529. The Bertz CT molecular complexity index is 460. The molecule has 1 aliphatic heterocycles. The second-order valence-corrected chi connectivity index (χ2v) is 5.00. The number of rotatable bonds is 2. The largest absolute Gasteiger partial charge is 0.377 e. The monoisotopic (exact) mass is 269 g/mol. The number of thiazole rings is 1. The molecule has 1 aromatic heterocycles. The molecule has 0 saturated carbocycles. The molecule has 2 heterocycles. The van der Waals surface area contributed by atoms with E-state index in [2.05, 4.69) is 10.3 Å². The molecule has 0 radical (unpaired) electrons. The summed E-state index contributed by atoms with van der Waals surface area (Å²) in [6.45, 7) is 5.03. The first-order valence-electron chi connectivity index (χ1n) is 5.69. The Hall–Kier alpha value is -1.47. The first-order chi connectivity index (χ1) is 8.58. The number of amides is 2. The molecule has 1 aromatic rings. The third-order valence-electron chi connectivity index (χ3n) is 2.63. The molecule has 0 aromatic carbocycles. The van der Waals surface area contributed by atoms with Crippen molar-refractivity contribution in [1.82, 2.24) is 9.88 Å². The van der Waals surface area contributed by atoms with Gasteiger partial charge in [0.1, 0.15) is 5.69 Å². The highest BCUT2D eigenvalue weighted by molar-refractivity contribution is 7.14. The topological polar surface area (TPSA) is 71.5 Å². The van der Waals surface area contributed by atoms with E-state index in [0.29, 0.717) is 30.6 Å². The molecular formula is C11H15N3O3S. The standard InChI is InChI=1S/C11H15N3O3S/c1-7-5-17-4-3-14(7)10(16)9-6-18-11(13-9)12-8(2)15/h6-7H,3-5H2,1-2H3,(H,12,13,15)/t7-/m0/s1. The van der Waals surface area contributed by atoms with Crippen molar-refractivity contribution in [1.29, 1.82) is 0 Å². The molecule has 1 atom stereocenters. The van der Waals surface area contributed by atoms with Gasteiger partial charge in [0.2, 0.25) is 5.91 Å². The summed E-state index contributed by atoms with van der Waals surface area (Å²) >= 11 is 1.25. The first kappa shape index (κ1) is 13.0. The SMILES string of the molecule is CC(=O)Nc1nc(C(=O)N2CCOC[C@@H]2C)cs1. The van der Waals surface area contributed by atoms with Gasteiger partial charge in [0.05, 0.1) is 19.3 Å². The van der Waals surface area contributed by atoms with E-state index in [4.69, 9.17) is 4.74 Å². The van der Waals surface area contributed by atoms with E-state index >= 15 is 0 Å². The van der Waals surface area contributed by atoms with E-state index in [0.717, 1.165) is 0 Å². The maximum atomic E-state index is 12.2. The van der Waals surface area contributed by atoms with Crippen molar-refractivity contribution in [3.05, 3.63) is 11.1 Å². The molecule has 1 aliphatic rings. The summed E-state index contributed by atoms with van der Waals surface area (Å²) in [5.41, 5.74) is 0.373. The summed E-state index contributed by atoms with van der Waals surface area (Å²) in [5, 5.41) is 4.68. The van der Waals surface area contributed by atoms with Gasteiger partial charge in [-0.05, 0) is 6.92 Å². The van der Waals surface area contributed by atoms with Crippen LogP contribution in [0.4, 0.5) is 5.13 Å². The fraction of sp³-hybridized carbons (Fsp3) is 0.545. The molecule has 0 bridgehead atoms. The van der Waals surface area contributed by atoms with Crippen molar-refractivity contribution in [2.45, 2.75) is 19.9 Å². The Kier molecular flexibility index (Phi) is 3.93. The van der Waals surface area contributed by atoms with E-state index in [1.54, 1.807) is 10.3 Å². The van der Waals surface area contributed by atoms with Crippen LogP contribution in [0.15, 0.2) is 5.38 Å². The number of hydrogen-bond acceptors (Lipinski definition) is 5. The molecule has 2 amide bonds. The van der Waals surface area contributed by atoms with Crippen LogP contribution in [0.25, 0.3) is 0 Å². The number of hydrogen-bond donors (Lipinski definition) is 1. The third-order valence-corrected chi connectivity index (χ3v) is 3.39. The van der Waals surface area contributed by atoms with Gasteiger partial charge in [-0.25, -0.2) is 4.98 Å². The summed E-state index contributed by atoms with van der Waals surface area (Å²) < 4.78 is 5.29. The van der Waals surface area contributed by atoms with E-state index < -0.39 is 0 Å². The summed E-state index contributed by atoms with van der Waals surface area (Å²) in [6, 6.07) is 0.0529. The van der Waals surface area contributed by atoms with Gasteiger partial charge in [0, 0.05) is 18.8 Å². The number of morpholine rings is 1. The summed E-state index contributed by atoms with van der Waals surface area (Å²) in [4.78, 5) is 29.0. The number of anilines is 1. The van der Waals surface area contributed by atoms with Crippen molar-refractivity contribution in [2.24, 2.45) is 0 Å². The van der Waals surface area contributed by atoms with E-state index in [1.807, 2.05) is 6.92 Å². The van der Waals surface area contributed by atoms with Crippen molar-refractivity contribution < 1.29 is 14.3 Å². The number of nitrogens with one attached hydrogen (secondary N) is 1. The van der Waals surface area contributed by atoms with Crippen LogP contribution in [0.5, 0.6) is 0 Å². The number of ether oxygens (including phenoxy) is 1. The van der Waals surface area contributed by atoms with Crippen molar-refractivity contribution in [3.8, 4) is 0 Å². The summed E-state index contributed by atoms with van der Waals surface area (Å²) in [6.07, 6.45) is 0. The van der Waals surface area contributed by atoms with Crippen LogP contribution in [0.3, 0.4) is 0 Å². The van der Waals surface area contributed by atoms with Gasteiger partial charge in [-0.3, -0.25) is 9.59 Å². The Morgan fingerprint density at radius 3 is 3.06 bits per heavy atom. The Morgan fingerprint density at radius 2 is 2.39 bits per heavy atom. The lowest BCUT2D eigenvalue weighted by Crippen LogP contribution is -2.47. The molecule has 1 fully saturated rings. The highest BCUT2D eigenvalue weighted by Gasteiger charge is 2.26. The van der Waals surface area contributed by atoms with Crippen LogP contribution < -0.4 is 5.32 Å². The molecule has 98 valence electrons. The van der Waals surface area contributed by atoms with Crippen molar-refractivity contribution in [2.75, 3.05) is 25.1 Å². The zero-order valence-corrected chi connectivity index (χ0v) is 11.1. The lowest BCUT2D eigenvalue weighted by molar-refractivity contribution is -0.114. The Morgan fingerprint density at radius 1 is 1.61 bits per heavy atom. The molecule has 0 spiro atoms. The highest BCUT2D eigenvalue weighted by atomic mass is 32.1. The molecule has 6 nitrogen and oxygen atoms in total. The van der Waals surface area contributed by atoms with E-state index in [-0.39, 0.29) is 17.9 Å². The predicted octanol–water partition coefficient (Wildman–Crippen LogP) is 0.962. The van der Waals surface area contributed by atoms with Crippen LogP contribution in [0, 0.1) is 0 Å². The molecule has 18 heavy (non-hydrogen) atoms. The summed E-state index contributed by atoms with van der Waals surface area (Å²) in [5.74, 6) is -0.304. The second kappa shape index (κ2) is 5.45. The van der Waals surface area contributed by atoms with Crippen molar-refractivity contribution >= 4 is 28.3 Å². The van der Waals surface area contributed by atoms with Crippen LogP contribution in [0.1, 0.15) is 24.3 Å². The van der Waals surface area contributed by atoms with Crippen LogP contribution in [-0.2, 0) is 9.53 Å². The van der Waals surface area contributed by atoms with Gasteiger partial charge >= 0.3 is 0 Å². The van der Waals surface area contributed by atoms with E-state index in [1.165, 1.54) is 18.3 Å². The van der Waals surface area contributed by atoms with E-state index in [9.17, 15) is 9.59 Å². The fourth-order valence-electron chi connectivity index (χ4n) is 1.76. The maximum Gasteiger partial charge on any atom is 0.273 e. The van der Waals surface area contributed by atoms with Gasteiger partial charge in [-0.1, -0.05) is 0 Å². The molecule has 1 N–H and O–H groups in total. The number of carbonyl (C=O) groups excluding carboxylic acids is 2. The quantitative estimate of drug-likeness (QED) is 0.868.